The topological polar surface area (TPSA) is 80.3 Å². The molecule has 0 N–H and O–H groups in total. The van der Waals surface area contributed by atoms with E-state index in [-0.39, 0.29) is 6.79 Å². The van der Waals surface area contributed by atoms with Gasteiger partial charge in [0.2, 0.25) is 6.79 Å². The van der Waals surface area contributed by atoms with E-state index in [0.717, 1.165) is 30.4 Å². The van der Waals surface area contributed by atoms with Crippen molar-refractivity contribution < 1.29 is 33.3 Å². The maximum Gasteiger partial charge on any atom is 0.343 e. The number of carbonyl (C=O) groups is 2. The molecule has 7 heteroatoms. The van der Waals surface area contributed by atoms with Gasteiger partial charge in [-0.3, -0.25) is 0 Å². The van der Waals surface area contributed by atoms with Gasteiger partial charge < -0.3 is 23.7 Å². The predicted molar refractivity (Wildman–Crippen MR) is 140 cm³/mol. The molecule has 0 unspecified atom stereocenters. The summed E-state index contributed by atoms with van der Waals surface area (Å²) < 4.78 is 27.0. The molecule has 7 nitrogen and oxygen atoms in total. The second-order valence-electron chi connectivity index (χ2n) is 8.16. The van der Waals surface area contributed by atoms with Crippen LogP contribution in [0.3, 0.4) is 0 Å². The fraction of sp³-hybridized carbons (Fsp3) is 0.267. The molecular formula is C30H32O7. The minimum absolute atomic E-state index is 0.248. The summed E-state index contributed by atoms with van der Waals surface area (Å²) in [5.41, 5.74) is 1.38. The molecule has 0 aliphatic carbocycles. The summed E-state index contributed by atoms with van der Waals surface area (Å²) in [5.74, 6) is 1.28. The molecule has 0 atom stereocenters. The first-order chi connectivity index (χ1) is 18.1. The lowest BCUT2D eigenvalue weighted by atomic mass is 10.2. The third-order valence-electron chi connectivity index (χ3n) is 5.31. The molecule has 0 fully saturated rings. The van der Waals surface area contributed by atoms with Crippen LogP contribution in [0.5, 0.6) is 23.0 Å². The van der Waals surface area contributed by atoms with Crippen LogP contribution in [0.25, 0.3) is 0 Å². The molecule has 3 aromatic carbocycles. The molecule has 0 radical (unpaired) electrons. The smallest absolute Gasteiger partial charge is 0.343 e. The number of carbonyl (C=O) groups excluding carboxylic acids is 2. The van der Waals surface area contributed by atoms with Gasteiger partial charge in [-0.05, 0) is 72.6 Å². The lowest BCUT2D eigenvalue weighted by molar-refractivity contribution is -0.144. The van der Waals surface area contributed by atoms with Gasteiger partial charge in [-0.25, -0.2) is 9.59 Å². The van der Waals surface area contributed by atoms with Gasteiger partial charge in [0.25, 0.3) is 0 Å². The van der Waals surface area contributed by atoms with Crippen molar-refractivity contribution in [2.75, 3.05) is 13.4 Å². The zero-order valence-electron chi connectivity index (χ0n) is 21.0. The van der Waals surface area contributed by atoms with Crippen molar-refractivity contribution in [3.8, 4) is 23.0 Å². The number of benzene rings is 3. The quantitative estimate of drug-likeness (QED) is 0.0767. The first kappa shape index (κ1) is 27.3. The molecule has 0 saturated carbocycles. The van der Waals surface area contributed by atoms with E-state index >= 15 is 0 Å². The molecule has 0 heterocycles. The Morgan fingerprint density at radius 3 is 2.00 bits per heavy atom. The van der Waals surface area contributed by atoms with Crippen molar-refractivity contribution in [3.05, 3.63) is 96.6 Å². The standard InChI is InChI=1S/C30H32O7/c1-3-5-6-7-20-33-25-12-8-23(9-13-25)21-34-26-16-18-28(19-17-26)37-30(32)24-10-14-27(15-11-24)35-22-36-29(31)4-2/h4,8-19H,2-3,5-7,20-22H2,1H3. The Labute approximate surface area is 217 Å². The summed E-state index contributed by atoms with van der Waals surface area (Å²) >= 11 is 0. The number of hydrogen-bond donors (Lipinski definition) is 0. The van der Waals surface area contributed by atoms with Crippen LogP contribution in [0.2, 0.25) is 0 Å². The second kappa shape index (κ2) is 15.0. The Bertz CT molecular complexity index is 1120. The van der Waals surface area contributed by atoms with Crippen LogP contribution in [0, 0.1) is 0 Å². The summed E-state index contributed by atoms with van der Waals surface area (Å²) in [6.07, 6.45) is 5.77. The zero-order chi connectivity index (χ0) is 26.3. The normalized spacial score (nSPS) is 10.3. The Kier molecular flexibility index (Phi) is 11.1. The summed E-state index contributed by atoms with van der Waals surface area (Å²) in [5, 5.41) is 0. The van der Waals surface area contributed by atoms with Gasteiger partial charge in [0.05, 0.1) is 12.2 Å². The highest BCUT2D eigenvalue weighted by atomic mass is 16.7. The average Bonchev–Trinajstić information content (AvgIpc) is 2.93. The third kappa shape index (κ3) is 9.72. The third-order valence-corrected chi connectivity index (χ3v) is 5.31. The largest absolute Gasteiger partial charge is 0.494 e. The Hall–Kier alpha value is -4.26. The van der Waals surface area contributed by atoms with Gasteiger partial charge in [0.15, 0.2) is 0 Å². The maximum absolute atomic E-state index is 12.4. The minimum atomic E-state index is -0.579. The van der Waals surface area contributed by atoms with E-state index in [4.69, 9.17) is 23.7 Å². The lowest BCUT2D eigenvalue weighted by Gasteiger charge is -2.10. The molecule has 0 amide bonds. The highest BCUT2D eigenvalue weighted by Crippen LogP contribution is 2.21. The average molecular weight is 505 g/mol. The SMILES string of the molecule is C=CC(=O)OCOc1ccc(C(=O)Oc2ccc(OCc3ccc(OCCCCCC)cc3)cc2)cc1. The van der Waals surface area contributed by atoms with E-state index in [2.05, 4.69) is 13.5 Å². The second-order valence-corrected chi connectivity index (χ2v) is 8.16. The number of rotatable bonds is 15. The fourth-order valence-electron chi connectivity index (χ4n) is 3.24. The minimum Gasteiger partial charge on any atom is -0.494 e. The highest BCUT2D eigenvalue weighted by Gasteiger charge is 2.09. The molecule has 194 valence electrons. The first-order valence-electron chi connectivity index (χ1n) is 12.3. The van der Waals surface area contributed by atoms with Gasteiger partial charge in [-0.15, -0.1) is 0 Å². The molecular weight excluding hydrogens is 472 g/mol. The maximum atomic E-state index is 12.4. The van der Waals surface area contributed by atoms with Crippen molar-refractivity contribution in [2.45, 2.75) is 39.2 Å². The van der Waals surface area contributed by atoms with Crippen LogP contribution in [0.15, 0.2) is 85.5 Å². The van der Waals surface area contributed by atoms with Crippen LogP contribution < -0.4 is 18.9 Å². The number of esters is 2. The van der Waals surface area contributed by atoms with E-state index in [0.29, 0.717) is 29.4 Å². The molecule has 3 rings (SSSR count). The van der Waals surface area contributed by atoms with Crippen LogP contribution in [-0.2, 0) is 16.1 Å². The zero-order valence-corrected chi connectivity index (χ0v) is 21.0. The Morgan fingerprint density at radius 2 is 1.32 bits per heavy atom. The van der Waals surface area contributed by atoms with Gasteiger partial charge >= 0.3 is 11.9 Å². The van der Waals surface area contributed by atoms with E-state index in [1.807, 2.05) is 24.3 Å². The highest BCUT2D eigenvalue weighted by molar-refractivity contribution is 5.91. The van der Waals surface area contributed by atoms with E-state index < -0.39 is 11.9 Å². The molecule has 0 aliphatic heterocycles. The molecule has 3 aromatic rings. The van der Waals surface area contributed by atoms with E-state index in [1.165, 1.54) is 19.3 Å². The van der Waals surface area contributed by atoms with Crippen LogP contribution in [-0.4, -0.2) is 25.3 Å². The summed E-state index contributed by atoms with van der Waals surface area (Å²) in [6, 6.07) is 21.0. The van der Waals surface area contributed by atoms with Crippen LogP contribution >= 0.6 is 0 Å². The van der Waals surface area contributed by atoms with Crippen molar-refractivity contribution in [1.82, 2.24) is 0 Å². The van der Waals surface area contributed by atoms with Gasteiger partial charge in [0, 0.05) is 6.08 Å². The van der Waals surface area contributed by atoms with Crippen LogP contribution in [0.4, 0.5) is 0 Å². The number of hydrogen-bond acceptors (Lipinski definition) is 7. The summed E-state index contributed by atoms with van der Waals surface area (Å²) in [7, 11) is 0. The molecule has 0 spiro atoms. The first-order valence-corrected chi connectivity index (χ1v) is 12.3. The lowest BCUT2D eigenvalue weighted by Crippen LogP contribution is -2.09. The summed E-state index contributed by atoms with van der Waals surface area (Å²) in [4.78, 5) is 23.4. The summed E-state index contributed by atoms with van der Waals surface area (Å²) in [6.45, 7) is 6.40. The van der Waals surface area contributed by atoms with Crippen LogP contribution in [0.1, 0.15) is 48.5 Å². The van der Waals surface area contributed by atoms with Crippen molar-refractivity contribution in [2.24, 2.45) is 0 Å². The Morgan fingerprint density at radius 1 is 0.730 bits per heavy atom. The molecule has 0 bridgehead atoms. The monoisotopic (exact) mass is 504 g/mol. The fourth-order valence-corrected chi connectivity index (χ4v) is 3.24. The van der Waals surface area contributed by atoms with Crippen molar-refractivity contribution in [1.29, 1.82) is 0 Å². The number of ether oxygens (including phenoxy) is 5. The van der Waals surface area contributed by atoms with Crippen molar-refractivity contribution in [3.63, 3.8) is 0 Å². The van der Waals surface area contributed by atoms with E-state index in [9.17, 15) is 9.59 Å². The predicted octanol–water partition coefficient (Wildman–Crippen LogP) is 6.51. The molecule has 37 heavy (non-hydrogen) atoms. The molecule has 0 saturated heterocycles. The van der Waals surface area contributed by atoms with E-state index in [1.54, 1.807) is 48.5 Å². The van der Waals surface area contributed by atoms with Gasteiger partial charge in [0.1, 0.15) is 29.6 Å². The van der Waals surface area contributed by atoms with Gasteiger partial charge in [-0.2, -0.15) is 0 Å². The van der Waals surface area contributed by atoms with Crippen molar-refractivity contribution >= 4 is 11.9 Å². The Balaban J connectivity index is 1.41. The number of unbranched alkanes of at least 4 members (excludes halogenated alkanes) is 3. The molecule has 0 aromatic heterocycles. The molecule has 0 aliphatic rings. The van der Waals surface area contributed by atoms with Gasteiger partial charge in [-0.1, -0.05) is 44.9 Å².